The fraction of sp³-hybridized carbons (Fsp3) is 0.154. The maximum absolute atomic E-state index is 11.9. The van der Waals surface area contributed by atoms with Crippen LogP contribution in [0.1, 0.15) is 11.3 Å². The molecular weight excluding hydrogens is 250 g/mol. The number of hydrogen-bond donors (Lipinski definition) is 0. The largest absolute Gasteiger partial charge is 0.377 e. The highest BCUT2D eigenvalue weighted by Gasteiger charge is 2.16. The molecule has 0 unspecified atom stereocenters. The van der Waals surface area contributed by atoms with Crippen LogP contribution in [-0.4, -0.2) is 13.4 Å². The molecule has 0 fully saturated rings. The minimum atomic E-state index is -3.78. The molecule has 0 aliphatic rings. The van der Waals surface area contributed by atoms with Crippen LogP contribution in [0.3, 0.4) is 0 Å². The quantitative estimate of drug-likeness (QED) is 0.798. The van der Waals surface area contributed by atoms with Gasteiger partial charge in [-0.05, 0) is 38.1 Å². The third-order valence-electron chi connectivity index (χ3n) is 2.40. The van der Waals surface area contributed by atoms with E-state index in [0.29, 0.717) is 0 Å². The van der Waals surface area contributed by atoms with E-state index in [-0.39, 0.29) is 10.6 Å². The maximum Gasteiger partial charge on any atom is 0.339 e. The van der Waals surface area contributed by atoms with Crippen LogP contribution in [-0.2, 0) is 10.1 Å². The fourth-order valence-corrected chi connectivity index (χ4v) is 2.30. The highest BCUT2D eigenvalue weighted by atomic mass is 32.2. The van der Waals surface area contributed by atoms with Crippen molar-refractivity contribution in [2.24, 2.45) is 0 Å². The van der Waals surface area contributed by atoms with E-state index >= 15 is 0 Å². The van der Waals surface area contributed by atoms with Gasteiger partial charge in [0, 0.05) is 5.69 Å². The van der Waals surface area contributed by atoms with Gasteiger partial charge in [-0.3, -0.25) is 4.98 Å². The topological polar surface area (TPSA) is 56.3 Å². The van der Waals surface area contributed by atoms with E-state index in [1.807, 2.05) is 13.8 Å². The van der Waals surface area contributed by atoms with Gasteiger partial charge in [-0.1, -0.05) is 17.7 Å². The van der Waals surface area contributed by atoms with Gasteiger partial charge >= 0.3 is 10.1 Å². The first-order chi connectivity index (χ1) is 8.47. The van der Waals surface area contributed by atoms with Gasteiger partial charge < -0.3 is 4.18 Å². The van der Waals surface area contributed by atoms with E-state index in [4.69, 9.17) is 4.18 Å². The van der Waals surface area contributed by atoms with Crippen LogP contribution >= 0.6 is 0 Å². The zero-order valence-electron chi connectivity index (χ0n) is 10.1. The monoisotopic (exact) mass is 263 g/mol. The molecule has 0 aliphatic carbocycles. The van der Waals surface area contributed by atoms with E-state index < -0.39 is 10.1 Å². The molecule has 0 amide bonds. The first-order valence-electron chi connectivity index (χ1n) is 5.41. The van der Waals surface area contributed by atoms with Crippen LogP contribution in [0, 0.1) is 13.8 Å². The third-order valence-corrected chi connectivity index (χ3v) is 3.66. The molecule has 18 heavy (non-hydrogen) atoms. The van der Waals surface area contributed by atoms with Crippen molar-refractivity contribution in [2.75, 3.05) is 0 Å². The number of benzene rings is 1. The first kappa shape index (κ1) is 12.6. The lowest BCUT2D eigenvalue weighted by Gasteiger charge is -2.06. The number of hydrogen-bond acceptors (Lipinski definition) is 4. The Kier molecular flexibility index (Phi) is 3.34. The first-order valence-corrected chi connectivity index (χ1v) is 6.82. The minimum absolute atomic E-state index is 0.133. The van der Waals surface area contributed by atoms with Gasteiger partial charge in [-0.15, -0.1) is 0 Å². The number of pyridine rings is 1. The number of rotatable bonds is 3. The van der Waals surface area contributed by atoms with Gasteiger partial charge in [0.05, 0.1) is 6.20 Å². The van der Waals surface area contributed by atoms with Crippen LogP contribution in [0.4, 0.5) is 0 Å². The fourth-order valence-electron chi connectivity index (χ4n) is 1.38. The molecule has 0 atom stereocenters. The highest BCUT2D eigenvalue weighted by molar-refractivity contribution is 7.87. The third kappa shape index (κ3) is 2.87. The Morgan fingerprint density at radius 3 is 2.22 bits per heavy atom. The summed E-state index contributed by atoms with van der Waals surface area (Å²) < 4.78 is 28.9. The summed E-state index contributed by atoms with van der Waals surface area (Å²) >= 11 is 0. The zero-order valence-corrected chi connectivity index (χ0v) is 10.9. The van der Waals surface area contributed by atoms with Gasteiger partial charge in [-0.2, -0.15) is 8.42 Å². The van der Waals surface area contributed by atoms with Crippen molar-refractivity contribution in [3.05, 3.63) is 53.9 Å². The highest BCUT2D eigenvalue weighted by Crippen LogP contribution is 2.18. The summed E-state index contributed by atoms with van der Waals surface area (Å²) in [5, 5.41) is 0. The van der Waals surface area contributed by atoms with Crippen molar-refractivity contribution in [3.63, 3.8) is 0 Å². The molecule has 94 valence electrons. The lowest BCUT2D eigenvalue weighted by molar-refractivity contribution is 0.484. The molecular formula is C13H13NO3S. The van der Waals surface area contributed by atoms with Gasteiger partial charge in [0.1, 0.15) is 4.90 Å². The van der Waals surface area contributed by atoms with Crippen molar-refractivity contribution in [3.8, 4) is 5.75 Å². The average Bonchev–Trinajstić information content (AvgIpc) is 2.32. The van der Waals surface area contributed by atoms with Crippen LogP contribution in [0.2, 0.25) is 0 Å². The Morgan fingerprint density at radius 2 is 1.67 bits per heavy atom. The summed E-state index contributed by atoms with van der Waals surface area (Å²) in [6, 6.07) is 9.76. The lowest BCUT2D eigenvalue weighted by atomic mass is 10.2. The molecule has 0 bridgehead atoms. The number of aryl methyl sites for hydroxylation is 2. The molecule has 4 nitrogen and oxygen atoms in total. The molecule has 0 N–H and O–H groups in total. The summed E-state index contributed by atoms with van der Waals surface area (Å²) in [4.78, 5) is 4.11. The van der Waals surface area contributed by atoms with Crippen LogP contribution in [0.15, 0.2) is 47.5 Å². The Balaban J connectivity index is 2.27. The van der Waals surface area contributed by atoms with Gasteiger partial charge in [0.25, 0.3) is 0 Å². The Hall–Kier alpha value is -1.88. The lowest BCUT2D eigenvalue weighted by Crippen LogP contribution is -2.09. The number of nitrogens with zero attached hydrogens (tertiary/aromatic N) is 1. The smallest absolute Gasteiger partial charge is 0.339 e. The molecule has 2 rings (SSSR count). The Labute approximate surface area is 106 Å². The Morgan fingerprint density at radius 1 is 1.00 bits per heavy atom. The van der Waals surface area contributed by atoms with Gasteiger partial charge in [-0.25, -0.2) is 0 Å². The molecule has 2 aromatic rings. The predicted octanol–water partition coefficient (Wildman–Crippen LogP) is 2.47. The minimum Gasteiger partial charge on any atom is -0.377 e. The van der Waals surface area contributed by atoms with Crippen molar-refractivity contribution in [1.29, 1.82) is 0 Å². The standard InChI is InChI=1S/C13H13NO3S/c1-10-3-7-13(8-4-10)18(15,16)17-12-6-5-11(2)14-9-12/h3-9H,1-2H3. The van der Waals surface area contributed by atoms with E-state index in [1.54, 1.807) is 24.3 Å². The summed E-state index contributed by atoms with van der Waals surface area (Å²) in [7, 11) is -3.78. The molecule has 0 radical (unpaired) electrons. The predicted molar refractivity (Wildman–Crippen MR) is 68.0 cm³/mol. The van der Waals surface area contributed by atoms with Crippen molar-refractivity contribution >= 4 is 10.1 Å². The molecule has 0 spiro atoms. The summed E-state index contributed by atoms with van der Waals surface area (Å²) in [6.07, 6.45) is 1.39. The van der Waals surface area contributed by atoms with Crippen molar-refractivity contribution in [1.82, 2.24) is 4.98 Å². The molecule has 0 aliphatic heterocycles. The normalized spacial score (nSPS) is 11.2. The van der Waals surface area contributed by atoms with E-state index in [1.165, 1.54) is 18.3 Å². The SMILES string of the molecule is Cc1ccc(S(=O)(=O)Oc2ccc(C)nc2)cc1. The number of aromatic nitrogens is 1. The van der Waals surface area contributed by atoms with E-state index in [0.717, 1.165) is 11.3 Å². The van der Waals surface area contributed by atoms with E-state index in [2.05, 4.69) is 4.98 Å². The van der Waals surface area contributed by atoms with Gasteiger partial charge in [0.2, 0.25) is 0 Å². The van der Waals surface area contributed by atoms with Crippen molar-refractivity contribution < 1.29 is 12.6 Å². The molecule has 1 heterocycles. The summed E-state index contributed by atoms with van der Waals surface area (Å²) in [6.45, 7) is 3.71. The summed E-state index contributed by atoms with van der Waals surface area (Å²) in [5.74, 6) is 0.209. The second kappa shape index (κ2) is 4.78. The molecule has 1 aromatic carbocycles. The zero-order chi connectivity index (χ0) is 13.2. The molecule has 0 saturated heterocycles. The average molecular weight is 263 g/mol. The maximum atomic E-state index is 11.9. The van der Waals surface area contributed by atoms with Crippen LogP contribution < -0.4 is 4.18 Å². The second-order valence-corrected chi connectivity index (χ2v) is 5.53. The molecule has 5 heteroatoms. The molecule has 1 aromatic heterocycles. The Bertz CT molecular complexity index is 631. The van der Waals surface area contributed by atoms with Crippen LogP contribution in [0.25, 0.3) is 0 Å². The van der Waals surface area contributed by atoms with E-state index in [9.17, 15) is 8.42 Å². The molecule has 0 saturated carbocycles. The van der Waals surface area contributed by atoms with Crippen molar-refractivity contribution in [2.45, 2.75) is 18.7 Å². The summed E-state index contributed by atoms with van der Waals surface area (Å²) in [5.41, 5.74) is 1.79. The van der Waals surface area contributed by atoms with Gasteiger partial charge in [0.15, 0.2) is 5.75 Å². The second-order valence-electron chi connectivity index (χ2n) is 3.99. The van der Waals surface area contributed by atoms with Crippen LogP contribution in [0.5, 0.6) is 5.75 Å².